The van der Waals surface area contributed by atoms with E-state index in [0.717, 1.165) is 0 Å². The highest BCUT2D eigenvalue weighted by molar-refractivity contribution is 14.1. The Morgan fingerprint density at radius 1 is 1.29 bits per heavy atom. The summed E-state index contributed by atoms with van der Waals surface area (Å²) < 4.78 is 6.87. The summed E-state index contributed by atoms with van der Waals surface area (Å²) >= 11 is 2.35. The molecule has 1 aromatic carbocycles. The zero-order valence-corrected chi connectivity index (χ0v) is 12.7. The Labute approximate surface area is 117 Å². The number of nitrogens with one attached hydrogen (secondary N) is 1. The van der Waals surface area contributed by atoms with E-state index in [4.69, 9.17) is 4.74 Å². The Hall–Kier alpha value is -0.290. The topological polar surface area (TPSA) is 21.3 Å². The monoisotopic (exact) mass is 345 g/mol. The molecule has 0 aromatic heterocycles. The maximum absolute atomic E-state index is 5.58. The molecule has 1 aliphatic rings. The molecule has 17 heavy (non-hydrogen) atoms. The van der Waals surface area contributed by atoms with Gasteiger partial charge in [-0.15, -0.1) is 0 Å². The molecule has 2 rings (SSSR count). The molecule has 0 bridgehead atoms. The van der Waals surface area contributed by atoms with Crippen LogP contribution in [-0.4, -0.2) is 19.3 Å². The first-order valence-corrected chi connectivity index (χ1v) is 7.34. The van der Waals surface area contributed by atoms with Crippen LogP contribution in [0.1, 0.15) is 31.2 Å². The molecule has 1 fully saturated rings. The molecule has 2 atom stereocenters. The lowest BCUT2D eigenvalue weighted by Gasteiger charge is -2.32. The Balaban J connectivity index is 2.08. The van der Waals surface area contributed by atoms with Crippen molar-refractivity contribution in [1.29, 1.82) is 0 Å². The summed E-state index contributed by atoms with van der Waals surface area (Å²) in [6, 6.07) is 7.01. The van der Waals surface area contributed by atoms with Gasteiger partial charge in [-0.25, -0.2) is 0 Å². The van der Waals surface area contributed by atoms with Crippen molar-refractivity contribution in [2.75, 3.05) is 12.4 Å². The minimum atomic E-state index is 0.363. The lowest BCUT2D eigenvalue weighted by molar-refractivity contribution is 0.0606. The highest BCUT2D eigenvalue weighted by Crippen LogP contribution is 2.26. The number of hydrogen-bond acceptors (Lipinski definition) is 2. The normalized spacial score (nSPS) is 24.6. The summed E-state index contributed by atoms with van der Waals surface area (Å²) in [6.07, 6.45) is 5.35. The first kappa shape index (κ1) is 13.1. The largest absolute Gasteiger partial charge is 0.379 e. The van der Waals surface area contributed by atoms with Crippen LogP contribution in [0.5, 0.6) is 0 Å². The van der Waals surface area contributed by atoms with E-state index >= 15 is 0 Å². The number of methoxy groups -OCH3 is 1. The van der Waals surface area contributed by atoms with Gasteiger partial charge in [0.2, 0.25) is 0 Å². The van der Waals surface area contributed by atoms with E-state index < -0.39 is 0 Å². The predicted octanol–water partition coefficient (Wildman–Crippen LogP) is 3.97. The third-order valence-electron chi connectivity index (χ3n) is 3.53. The fourth-order valence-electron chi connectivity index (χ4n) is 2.53. The van der Waals surface area contributed by atoms with E-state index in [1.807, 2.05) is 7.11 Å². The van der Waals surface area contributed by atoms with Crippen LogP contribution in [0.2, 0.25) is 0 Å². The van der Waals surface area contributed by atoms with Gasteiger partial charge in [0.1, 0.15) is 0 Å². The molecule has 1 aromatic rings. The second-order valence-electron chi connectivity index (χ2n) is 4.77. The number of hydrogen-bond donors (Lipinski definition) is 1. The minimum Gasteiger partial charge on any atom is -0.379 e. The van der Waals surface area contributed by atoms with Crippen LogP contribution in [-0.2, 0) is 4.74 Å². The van der Waals surface area contributed by atoms with Crippen molar-refractivity contribution in [2.24, 2.45) is 0 Å². The SMILES string of the molecule is COC1CCCCC1Nc1ccc(I)cc1C. The molecular formula is C14H20INO. The van der Waals surface area contributed by atoms with Crippen LogP contribution in [0.15, 0.2) is 18.2 Å². The van der Waals surface area contributed by atoms with Crippen LogP contribution >= 0.6 is 22.6 Å². The number of ether oxygens (including phenoxy) is 1. The molecule has 1 aliphatic carbocycles. The first-order valence-electron chi connectivity index (χ1n) is 6.26. The molecule has 0 radical (unpaired) electrons. The number of halogens is 1. The van der Waals surface area contributed by atoms with Gasteiger partial charge >= 0.3 is 0 Å². The summed E-state index contributed by atoms with van der Waals surface area (Å²) in [4.78, 5) is 0. The summed E-state index contributed by atoms with van der Waals surface area (Å²) in [7, 11) is 1.82. The summed E-state index contributed by atoms with van der Waals surface area (Å²) in [6.45, 7) is 2.16. The van der Waals surface area contributed by atoms with Crippen molar-refractivity contribution in [3.05, 3.63) is 27.3 Å². The van der Waals surface area contributed by atoms with E-state index in [1.54, 1.807) is 0 Å². The van der Waals surface area contributed by atoms with Gasteiger partial charge in [-0.2, -0.15) is 0 Å². The number of benzene rings is 1. The molecule has 94 valence electrons. The summed E-state index contributed by atoms with van der Waals surface area (Å²) in [5.74, 6) is 0. The molecule has 2 nitrogen and oxygen atoms in total. The standard InChI is InChI=1S/C14H20INO/c1-10-9-11(15)7-8-12(10)16-13-5-3-4-6-14(13)17-2/h7-9,13-14,16H,3-6H2,1-2H3. The van der Waals surface area contributed by atoms with Crippen LogP contribution in [0.3, 0.4) is 0 Å². The van der Waals surface area contributed by atoms with Crippen molar-refractivity contribution in [3.63, 3.8) is 0 Å². The lowest BCUT2D eigenvalue weighted by atomic mass is 9.92. The van der Waals surface area contributed by atoms with E-state index in [2.05, 4.69) is 53.0 Å². The van der Waals surface area contributed by atoms with E-state index in [-0.39, 0.29) is 0 Å². The Morgan fingerprint density at radius 3 is 2.76 bits per heavy atom. The van der Waals surface area contributed by atoms with Gasteiger partial charge in [0.25, 0.3) is 0 Å². The lowest BCUT2D eigenvalue weighted by Crippen LogP contribution is -2.37. The maximum Gasteiger partial charge on any atom is 0.0772 e. The fraction of sp³-hybridized carbons (Fsp3) is 0.571. The average Bonchev–Trinajstić information content (AvgIpc) is 2.33. The molecule has 3 heteroatoms. The van der Waals surface area contributed by atoms with Crippen LogP contribution in [0.25, 0.3) is 0 Å². The van der Waals surface area contributed by atoms with Gasteiger partial charge in [0.15, 0.2) is 0 Å². The number of rotatable bonds is 3. The van der Waals surface area contributed by atoms with E-state index in [0.29, 0.717) is 12.1 Å². The Kier molecular flexibility index (Phi) is 4.68. The van der Waals surface area contributed by atoms with Crippen LogP contribution < -0.4 is 5.32 Å². The first-order chi connectivity index (χ1) is 8.20. The molecule has 1 saturated carbocycles. The summed E-state index contributed by atoms with van der Waals surface area (Å²) in [5.41, 5.74) is 2.57. The molecule has 0 saturated heterocycles. The van der Waals surface area contributed by atoms with Gasteiger partial charge in [-0.1, -0.05) is 12.8 Å². The van der Waals surface area contributed by atoms with Crippen molar-refractivity contribution in [1.82, 2.24) is 0 Å². The second kappa shape index (κ2) is 6.05. The molecule has 0 amide bonds. The van der Waals surface area contributed by atoms with E-state index in [1.165, 1.54) is 40.5 Å². The zero-order valence-electron chi connectivity index (χ0n) is 10.5. The number of aryl methyl sites for hydroxylation is 1. The zero-order chi connectivity index (χ0) is 12.3. The Bertz CT molecular complexity index is 380. The van der Waals surface area contributed by atoms with E-state index in [9.17, 15) is 0 Å². The fourth-order valence-corrected chi connectivity index (χ4v) is 3.18. The van der Waals surface area contributed by atoms with Gasteiger partial charge in [0, 0.05) is 16.4 Å². The highest BCUT2D eigenvalue weighted by atomic mass is 127. The van der Waals surface area contributed by atoms with Gasteiger partial charge in [0.05, 0.1) is 12.1 Å². The number of anilines is 1. The molecule has 0 spiro atoms. The molecule has 0 aliphatic heterocycles. The quantitative estimate of drug-likeness (QED) is 0.837. The second-order valence-corrected chi connectivity index (χ2v) is 6.01. The van der Waals surface area contributed by atoms with Crippen LogP contribution in [0, 0.1) is 10.5 Å². The van der Waals surface area contributed by atoms with Crippen molar-refractivity contribution < 1.29 is 4.74 Å². The average molecular weight is 345 g/mol. The van der Waals surface area contributed by atoms with Gasteiger partial charge in [-0.05, 0) is 66.1 Å². The van der Waals surface area contributed by atoms with Crippen molar-refractivity contribution in [2.45, 2.75) is 44.8 Å². The third-order valence-corrected chi connectivity index (χ3v) is 4.21. The van der Waals surface area contributed by atoms with Crippen molar-refractivity contribution in [3.8, 4) is 0 Å². The van der Waals surface area contributed by atoms with Gasteiger partial charge < -0.3 is 10.1 Å². The molecule has 0 heterocycles. The summed E-state index contributed by atoms with van der Waals surface area (Å²) in [5, 5.41) is 3.65. The molecule has 1 N–H and O–H groups in total. The highest BCUT2D eigenvalue weighted by Gasteiger charge is 2.24. The third kappa shape index (κ3) is 3.35. The maximum atomic E-state index is 5.58. The smallest absolute Gasteiger partial charge is 0.0772 e. The van der Waals surface area contributed by atoms with Crippen molar-refractivity contribution >= 4 is 28.3 Å². The minimum absolute atomic E-state index is 0.363. The Morgan fingerprint density at radius 2 is 2.06 bits per heavy atom. The molecular weight excluding hydrogens is 325 g/mol. The molecule has 2 unspecified atom stereocenters. The van der Waals surface area contributed by atoms with Gasteiger partial charge in [-0.3, -0.25) is 0 Å². The predicted molar refractivity (Wildman–Crippen MR) is 80.6 cm³/mol. The van der Waals surface area contributed by atoms with Crippen LogP contribution in [0.4, 0.5) is 5.69 Å².